The fourth-order valence-electron chi connectivity index (χ4n) is 5.02. The molecule has 2 aliphatic rings. The number of nitriles is 1. The summed E-state index contributed by atoms with van der Waals surface area (Å²) in [7, 11) is 1.75. The van der Waals surface area contributed by atoms with Crippen molar-refractivity contribution in [2.75, 3.05) is 7.11 Å². The van der Waals surface area contributed by atoms with E-state index in [2.05, 4.69) is 6.92 Å². The van der Waals surface area contributed by atoms with E-state index in [1.165, 1.54) is 76.4 Å². The molecule has 0 saturated heterocycles. The number of hydrogen-bond acceptors (Lipinski definition) is 2. The molecule has 0 radical (unpaired) electrons. The topological polar surface area (TPSA) is 33.0 Å². The van der Waals surface area contributed by atoms with Gasteiger partial charge in [-0.25, -0.2) is 0 Å². The quantitative estimate of drug-likeness (QED) is 0.268. The second-order valence-electron chi connectivity index (χ2n) is 8.37. The fraction of sp³-hybridized carbons (Fsp3) is 0.783. The van der Waals surface area contributed by atoms with Crippen LogP contribution in [0.5, 0.6) is 0 Å². The van der Waals surface area contributed by atoms with Gasteiger partial charge in [0.2, 0.25) is 0 Å². The van der Waals surface area contributed by atoms with Crippen LogP contribution in [0.1, 0.15) is 84.0 Å². The zero-order valence-electron chi connectivity index (χ0n) is 16.7. The first kappa shape index (κ1) is 21.2. The molecule has 0 amide bonds. The van der Waals surface area contributed by atoms with Gasteiger partial charge in [0.15, 0.2) is 5.83 Å². The van der Waals surface area contributed by atoms with E-state index in [4.69, 9.17) is 10.00 Å². The van der Waals surface area contributed by atoms with Crippen LogP contribution in [0.2, 0.25) is 0 Å². The molecule has 0 aromatic heterocycles. The molecule has 2 rings (SSSR count). The highest BCUT2D eigenvalue weighted by Crippen LogP contribution is 2.44. The zero-order chi connectivity index (χ0) is 18.8. The van der Waals surface area contributed by atoms with Crippen LogP contribution in [-0.4, -0.2) is 12.7 Å². The molecule has 0 aromatic carbocycles. The Morgan fingerprint density at radius 2 is 1.77 bits per heavy atom. The maximum absolute atomic E-state index is 13.0. The highest BCUT2D eigenvalue weighted by atomic mass is 19.1. The molecule has 146 valence electrons. The lowest BCUT2D eigenvalue weighted by Crippen LogP contribution is -2.36. The van der Waals surface area contributed by atoms with Crippen molar-refractivity contribution in [3.63, 3.8) is 0 Å². The molecule has 0 aliphatic heterocycles. The standard InChI is InChI=1S/C23H36FNO/c1-3-4-5-7-19-9-11-20(12-10-19)21-13-16-23(26-2,17-14-21)15-6-8-22(24)18-25/h6,8,15,19-21H,3-5,7,9-14,16-17H2,1-2H3. The SMILES string of the molecule is CCCCCC1CCC(C2CCC(C=CC=C(F)C#N)(OC)CC2)CC1. The van der Waals surface area contributed by atoms with Crippen molar-refractivity contribution in [2.24, 2.45) is 17.8 Å². The van der Waals surface area contributed by atoms with Crippen molar-refractivity contribution in [3.05, 3.63) is 24.1 Å². The van der Waals surface area contributed by atoms with Crippen molar-refractivity contribution < 1.29 is 9.13 Å². The summed E-state index contributed by atoms with van der Waals surface area (Å²) in [6.07, 6.45) is 20.5. The van der Waals surface area contributed by atoms with Gasteiger partial charge in [-0.15, -0.1) is 0 Å². The molecule has 0 atom stereocenters. The number of nitrogens with zero attached hydrogens (tertiary/aromatic N) is 1. The van der Waals surface area contributed by atoms with Crippen LogP contribution in [0.15, 0.2) is 24.1 Å². The lowest BCUT2D eigenvalue weighted by atomic mass is 9.67. The summed E-state index contributed by atoms with van der Waals surface area (Å²) in [5.41, 5.74) is -0.278. The van der Waals surface area contributed by atoms with Gasteiger partial charge in [0.05, 0.1) is 5.60 Å². The Morgan fingerprint density at radius 1 is 1.12 bits per heavy atom. The summed E-state index contributed by atoms with van der Waals surface area (Å²) in [6.45, 7) is 2.28. The van der Waals surface area contributed by atoms with Crippen molar-refractivity contribution >= 4 is 0 Å². The van der Waals surface area contributed by atoms with Gasteiger partial charge in [-0.05, 0) is 62.4 Å². The van der Waals surface area contributed by atoms with Crippen molar-refractivity contribution in [2.45, 2.75) is 89.6 Å². The van der Waals surface area contributed by atoms with Crippen LogP contribution in [-0.2, 0) is 4.74 Å². The summed E-state index contributed by atoms with van der Waals surface area (Å²) in [5, 5.41) is 8.49. The lowest BCUT2D eigenvalue weighted by molar-refractivity contribution is -0.0201. The number of ether oxygens (including phenoxy) is 1. The van der Waals surface area contributed by atoms with E-state index in [0.29, 0.717) is 0 Å². The minimum atomic E-state index is -0.753. The molecule has 2 fully saturated rings. The van der Waals surface area contributed by atoms with Crippen LogP contribution in [0.4, 0.5) is 4.39 Å². The minimum Gasteiger partial charge on any atom is -0.374 e. The third-order valence-electron chi connectivity index (χ3n) is 6.81. The van der Waals surface area contributed by atoms with Gasteiger partial charge in [-0.2, -0.15) is 9.65 Å². The molecule has 0 N–H and O–H groups in total. The minimum absolute atomic E-state index is 0.278. The van der Waals surface area contributed by atoms with E-state index in [1.807, 2.05) is 6.08 Å². The average Bonchev–Trinajstić information content (AvgIpc) is 2.69. The van der Waals surface area contributed by atoms with Gasteiger partial charge < -0.3 is 4.74 Å². The van der Waals surface area contributed by atoms with Crippen molar-refractivity contribution in [3.8, 4) is 6.07 Å². The molecule has 0 aromatic rings. The van der Waals surface area contributed by atoms with E-state index in [-0.39, 0.29) is 5.60 Å². The Bertz CT molecular complexity index is 503. The summed E-state index contributed by atoms with van der Waals surface area (Å²) >= 11 is 0. The maximum atomic E-state index is 13.0. The normalized spacial score (nSPS) is 33.3. The predicted molar refractivity (Wildman–Crippen MR) is 105 cm³/mol. The number of hydrogen-bond donors (Lipinski definition) is 0. The maximum Gasteiger partial charge on any atom is 0.199 e. The number of methoxy groups -OCH3 is 1. The molecule has 2 saturated carbocycles. The zero-order valence-corrected chi connectivity index (χ0v) is 16.7. The van der Waals surface area contributed by atoms with Gasteiger partial charge in [-0.1, -0.05) is 57.6 Å². The highest BCUT2D eigenvalue weighted by Gasteiger charge is 2.36. The molecule has 26 heavy (non-hydrogen) atoms. The number of unbranched alkanes of at least 4 members (excludes halogenated alkanes) is 2. The number of halogens is 1. The van der Waals surface area contributed by atoms with Crippen LogP contribution in [0.25, 0.3) is 0 Å². The molecule has 2 aliphatic carbocycles. The highest BCUT2D eigenvalue weighted by molar-refractivity contribution is 5.21. The predicted octanol–water partition coefficient (Wildman–Crippen LogP) is 6.88. The first-order valence-electron chi connectivity index (χ1n) is 10.6. The first-order chi connectivity index (χ1) is 12.6. The van der Waals surface area contributed by atoms with Gasteiger partial charge in [0, 0.05) is 7.11 Å². The molecular weight excluding hydrogens is 325 g/mol. The van der Waals surface area contributed by atoms with Crippen molar-refractivity contribution in [1.82, 2.24) is 0 Å². The second-order valence-corrected chi connectivity index (χ2v) is 8.37. The van der Waals surface area contributed by atoms with Crippen LogP contribution in [0, 0.1) is 29.1 Å². The largest absolute Gasteiger partial charge is 0.374 e. The molecule has 0 heterocycles. The molecular formula is C23H36FNO. The summed E-state index contributed by atoms with van der Waals surface area (Å²) < 4.78 is 18.7. The Labute approximate surface area is 159 Å². The van der Waals surface area contributed by atoms with Gasteiger partial charge in [0.1, 0.15) is 6.07 Å². The molecule has 2 nitrogen and oxygen atoms in total. The molecule has 0 spiro atoms. The molecule has 0 unspecified atom stereocenters. The number of allylic oxidation sites excluding steroid dienone is 3. The van der Waals surface area contributed by atoms with Crippen LogP contribution < -0.4 is 0 Å². The van der Waals surface area contributed by atoms with E-state index in [0.717, 1.165) is 30.6 Å². The van der Waals surface area contributed by atoms with E-state index >= 15 is 0 Å². The van der Waals surface area contributed by atoms with Gasteiger partial charge in [0.25, 0.3) is 0 Å². The Morgan fingerprint density at radius 3 is 2.35 bits per heavy atom. The van der Waals surface area contributed by atoms with E-state index < -0.39 is 5.83 Å². The van der Waals surface area contributed by atoms with E-state index in [1.54, 1.807) is 13.2 Å². The molecule has 3 heteroatoms. The van der Waals surface area contributed by atoms with Gasteiger partial charge >= 0.3 is 0 Å². The Hall–Kier alpha value is -1.14. The fourth-order valence-corrected chi connectivity index (χ4v) is 5.02. The summed E-state index contributed by atoms with van der Waals surface area (Å²) in [6, 6.07) is 1.51. The number of rotatable bonds is 8. The monoisotopic (exact) mass is 361 g/mol. The Kier molecular flexibility index (Phi) is 8.85. The van der Waals surface area contributed by atoms with Gasteiger partial charge in [-0.3, -0.25) is 0 Å². The van der Waals surface area contributed by atoms with Crippen molar-refractivity contribution in [1.29, 1.82) is 5.26 Å². The lowest BCUT2D eigenvalue weighted by Gasteiger charge is -2.42. The second kappa shape index (κ2) is 10.9. The summed E-state index contributed by atoms with van der Waals surface area (Å²) in [4.78, 5) is 0. The van der Waals surface area contributed by atoms with E-state index in [9.17, 15) is 4.39 Å². The van der Waals surface area contributed by atoms with Crippen LogP contribution in [0.3, 0.4) is 0 Å². The third kappa shape index (κ3) is 6.23. The average molecular weight is 362 g/mol. The molecule has 0 bridgehead atoms. The first-order valence-corrected chi connectivity index (χ1v) is 10.6. The Balaban J connectivity index is 1.78. The smallest absolute Gasteiger partial charge is 0.199 e. The van der Waals surface area contributed by atoms with Crippen LogP contribution >= 0.6 is 0 Å². The summed E-state index contributed by atoms with van der Waals surface area (Å²) in [5.74, 6) is 1.95. The third-order valence-corrected chi connectivity index (χ3v) is 6.81.